The van der Waals surface area contributed by atoms with Crippen LogP contribution in [-0.2, 0) is 11.3 Å². The average molecular weight is 393 g/mol. The van der Waals surface area contributed by atoms with Gasteiger partial charge in [0.2, 0.25) is 0 Å². The number of aryl methyl sites for hydroxylation is 1. The molecule has 0 spiro atoms. The normalized spacial score (nSPS) is 14.1. The van der Waals surface area contributed by atoms with Crippen LogP contribution in [0.5, 0.6) is 5.75 Å². The lowest BCUT2D eigenvalue weighted by atomic mass is 10.2. The summed E-state index contributed by atoms with van der Waals surface area (Å²) in [6, 6.07) is 4.74. The summed E-state index contributed by atoms with van der Waals surface area (Å²) in [6.07, 6.45) is 1.50. The molecule has 2 aromatic rings. The number of carbonyl (C=O) groups excluding carboxylic acids is 1. The van der Waals surface area contributed by atoms with Crippen LogP contribution in [0, 0.1) is 0 Å². The maximum absolute atomic E-state index is 12.8. The first-order valence-electron chi connectivity index (χ1n) is 8.62. The van der Waals surface area contributed by atoms with E-state index in [4.69, 9.17) is 21.1 Å². The zero-order valence-corrected chi connectivity index (χ0v) is 16.0. The molecule has 0 radical (unpaired) electrons. The van der Waals surface area contributed by atoms with E-state index in [9.17, 15) is 9.59 Å². The Labute approximate surface area is 161 Å². The van der Waals surface area contributed by atoms with Gasteiger partial charge in [-0.3, -0.25) is 9.59 Å². The van der Waals surface area contributed by atoms with Crippen molar-refractivity contribution in [3.63, 3.8) is 0 Å². The second-order valence-corrected chi connectivity index (χ2v) is 6.34. The first kappa shape index (κ1) is 19.2. The first-order chi connectivity index (χ1) is 13.0. The molecule has 1 N–H and O–H groups in total. The summed E-state index contributed by atoms with van der Waals surface area (Å²) in [5.74, 6) is 0.0962. The summed E-state index contributed by atoms with van der Waals surface area (Å²) in [5, 5.41) is 7.25. The Morgan fingerprint density at radius 3 is 2.74 bits per heavy atom. The molecule has 0 bridgehead atoms. The number of carbonyl (C=O) groups is 1. The van der Waals surface area contributed by atoms with Crippen LogP contribution < -0.4 is 20.5 Å². The van der Waals surface area contributed by atoms with Crippen LogP contribution in [-0.4, -0.2) is 49.1 Å². The van der Waals surface area contributed by atoms with Gasteiger partial charge in [-0.25, -0.2) is 4.68 Å². The highest BCUT2D eigenvalue weighted by molar-refractivity contribution is 6.32. The lowest BCUT2D eigenvalue weighted by molar-refractivity contribution is 0.102. The van der Waals surface area contributed by atoms with Crippen molar-refractivity contribution in [1.29, 1.82) is 0 Å². The molecule has 1 aliphatic heterocycles. The Morgan fingerprint density at radius 2 is 2.11 bits per heavy atom. The van der Waals surface area contributed by atoms with E-state index in [0.29, 0.717) is 60.6 Å². The number of hydrogen-bond donors (Lipinski definition) is 1. The van der Waals surface area contributed by atoms with Crippen molar-refractivity contribution < 1.29 is 14.3 Å². The van der Waals surface area contributed by atoms with E-state index >= 15 is 0 Å². The Hall–Kier alpha value is -2.58. The van der Waals surface area contributed by atoms with Gasteiger partial charge in [0.05, 0.1) is 37.2 Å². The van der Waals surface area contributed by atoms with Crippen molar-refractivity contribution in [3.8, 4) is 5.75 Å². The number of benzene rings is 1. The van der Waals surface area contributed by atoms with Gasteiger partial charge in [0.1, 0.15) is 11.4 Å². The monoisotopic (exact) mass is 392 g/mol. The lowest BCUT2D eigenvalue weighted by Crippen LogP contribution is -2.41. The van der Waals surface area contributed by atoms with Crippen molar-refractivity contribution >= 4 is 28.9 Å². The Bertz CT molecular complexity index is 893. The number of anilines is 2. The predicted molar refractivity (Wildman–Crippen MR) is 103 cm³/mol. The fraction of sp³-hybridized carbons (Fsp3) is 0.389. The van der Waals surface area contributed by atoms with E-state index in [-0.39, 0.29) is 11.5 Å². The zero-order valence-electron chi connectivity index (χ0n) is 15.2. The second kappa shape index (κ2) is 8.41. The molecule has 1 fully saturated rings. The second-order valence-electron chi connectivity index (χ2n) is 5.93. The summed E-state index contributed by atoms with van der Waals surface area (Å²) in [7, 11) is 1.50. The van der Waals surface area contributed by atoms with Gasteiger partial charge in [0.15, 0.2) is 0 Å². The van der Waals surface area contributed by atoms with Crippen LogP contribution in [0.1, 0.15) is 17.3 Å². The van der Waals surface area contributed by atoms with Crippen molar-refractivity contribution in [2.45, 2.75) is 13.5 Å². The Morgan fingerprint density at radius 1 is 1.37 bits per heavy atom. The maximum atomic E-state index is 12.8. The predicted octanol–water partition coefficient (Wildman–Crippen LogP) is 2.01. The Kier molecular flexibility index (Phi) is 5.98. The molecule has 0 saturated carbocycles. The van der Waals surface area contributed by atoms with E-state index < -0.39 is 0 Å². The number of rotatable bonds is 5. The van der Waals surface area contributed by atoms with E-state index in [2.05, 4.69) is 10.4 Å². The van der Waals surface area contributed by atoms with Crippen LogP contribution in [0.25, 0.3) is 0 Å². The standard InChI is InChI=1S/C18H21ClN4O4/c1-3-23-18(25)16(22-6-8-27-9-7-22)14(11-20-23)21-17(24)12-4-5-15(26-2)13(19)10-12/h4-5,10-11H,3,6-9H2,1-2H3,(H,21,24). The molecule has 1 aliphatic rings. The van der Waals surface area contributed by atoms with Crippen molar-refractivity contribution in [2.24, 2.45) is 0 Å². The number of nitrogens with zero attached hydrogens (tertiary/aromatic N) is 3. The van der Waals surface area contributed by atoms with Crippen LogP contribution in [0.2, 0.25) is 5.02 Å². The Balaban J connectivity index is 1.93. The highest BCUT2D eigenvalue weighted by Gasteiger charge is 2.22. The number of nitrogens with one attached hydrogen (secondary N) is 1. The van der Waals surface area contributed by atoms with E-state index in [0.717, 1.165) is 0 Å². The number of aromatic nitrogens is 2. The number of amides is 1. The summed E-state index contributed by atoms with van der Waals surface area (Å²) >= 11 is 6.10. The van der Waals surface area contributed by atoms with Gasteiger partial charge in [0.25, 0.3) is 11.5 Å². The molecule has 0 atom stereocenters. The third-order valence-electron chi connectivity index (χ3n) is 4.31. The SMILES string of the molecule is CCn1ncc(NC(=O)c2ccc(OC)c(Cl)c2)c(N2CCOCC2)c1=O. The highest BCUT2D eigenvalue weighted by atomic mass is 35.5. The third-order valence-corrected chi connectivity index (χ3v) is 4.60. The maximum Gasteiger partial charge on any atom is 0.292 e. The summed E-state index contributed by atoms with van der Waals surface area (Å²) in [4.78, 5) is 27.4. The molecular weight excluding hydrogens is 372 g/mol. The molecule has 3 rings (SSSR count). The molecule has 27 heavy (non-hydrogen) atoms. The summed E-state index contributed by atoms with van der Waals surface area (Å²) in [6.45, 7) is 4.47. The van der Waals surface area contributed by atoms with Crippen LogP contribution >= 0.6 is 11.6 Å². The smallest absolute Gasteiger partial charge is 0.292 e. The number of methoxy groups -OCH3 is 1. The molecule has 1 aromatic carbocycles. The van der Waals surface area contributed by atoms with Gasteiger partial charge in [-0.05, 0) is 25.1 Å². The molecule has 1 aromatic heterocycles. The minimum atomic E-state index is -0.385. The van der Waals surface area contributed by atoms with Gasteiger partial charge >= 0.3 is 0 Å². The van der Waals surface area contributed by atoms with Gasteiger partial charge < -0.3 is 19.7 Å². The highest BCUT2D eigenvalue weighted by Crippen LogP contribution is 2.26. The number of hydrogen-bond acceptors (Lipinski definition) is 6. The number of halogens is 1. The first-order valence-corrected chi connectivity index (χ1v) is 9.00. The summed E-state index contributed by atoms with van der Waals surface area (Å²) in [5.41, 5.74) is 0.894. The van der Waals surface area contributed by atoms with E-state index in [1.807, 2.05) is 11.8 Å². The molecule has 0 aliphatic carbocycles. The van der Waals surface area contributed by atoms with Gasteiger partial charge in [-0.2, -0.15) is 5.10 Å². The van der Waals surface area contributed by atoms with Crippen molar-refractivity contribution in [3.05, 3.63) is 45.3 Å². The third kappa shape index (κ3) is 4.06. The van der Waals surface area contributed by atoms with Crippen LogP contribution in [0.3, 0.4) is 0 Å². The average Bonchev–Trinajstić information content (AvgIpc) is 2.69. The zero-order chi connectivity index (χ0) is 19.4. The van der Waals surface area contributed by atoms with Crippen LogP contribution in [0.15, 0.2) is 29.2 Å². The summed E-state index contributed by atoms with van der Waals surface area (Å²) < 4.78 is 11.8. The number of ether oxygens (including phenoxy) is 2. The van der Waals surface area contributed by atoms with Crippen LogP contribution in [0.4, 0.5) is 11.4 Å². The molecule has 8 nitrogen and oxygen atoms in total. The molecule has 1 amide bonds. The van der Waals surface area contributed by atoms with Crippen molar-refractivity contribution in [2.75, 3.05) is 43.6 Å². The molecule has 1 saturated heterocycles. The number of morpholine rings is 1. The molecule has 144 valence electrons. The van der Waals surface area contributed by atoms with Gasteiger partial charge in [-0.1, -0.05) is 11.6 Å². The van der Waals surface area contributed by atoms with Crippen molar-refractivity contribution in [1.82, 2.24) is 9.78 Å². The van der Waals surface area contributed by atoms with E-state index in [1.54, 1.807) is 12.1 Å². The quantitative estimate of drug-likeness (QED) is 0.837. The van der Waals surface area contributed by atoms with Gasteiger partial charge in [-0.15, -0.1) is 0 Å². The lowest BCUT2D eigenvalue weighted by Gasteiger charge is -2.29. The fourth-order valence-corrected chi connectivity index (χ4v) is 3.15. The van der Waals surface area contributed by atoms with Gasteiger partial charge in [0, 0.05) is 25.2 Å². The molecular formula is C18H21ClN4O4. The van der Waals surface area contributed by atoms with E-state index in [1.165, 1.54) is 24.1 Å². The molecule has 9 heteroatoms. The minimum absolute atomic E-state index is 0.245. The molecule has 2 heterocycles. The molecule has 0 unspecified atom stereocenters. The fourth-order valence-electron chi connectivity index (χ4n) is 2.89. The topological polar surface area (TPSA) is 85.7 Å². The minimum Gasteiger partial charge on any atom is -0.495 e. The largest absolute Gasteiger partial charge is 0.495 e.